The Morgan fingerprint density at radius 3 is 2.64 bits per heavy atom. The molecule has 0 radical (unpaired) electrons. The number of halogens is 1. The van der Waals surface area contributed by atoms with Crippen LogP contribution in [0, 0.1) is 0 Å². The number of rotatable bonds is 1. The molecule has 1 amide bonds. The van der Waals surface area contributed by atoms with E-state index >= 15 is 0 Å². The lowest BCUT2D eigenvalue weighted by Gasteiger charge is -2.29. The van der Waals surface area contributed by atoms with Crippen molar-refractivity contribution in [3.05, 3.63) is 52.0 Å². The van der Waals surface area contributed by atoms with Gasteiger partial charge in [-0.2, -0.15) is 0 Å². The van der Waals surface area contributed by atoms with Gasteiger partial charge in [0.15, 0.2) is 11.5 Å². The minimum Gasteiger partial charge on any atom is -0.486 e. The van der Waals surface area contributed by atoms with Gasteiger partial charge in [0.05, 0.1) is 0 Å². The third-order valence-corrected chi connectivity index (χ3v) is 4.50. The van der Waals surface area contributed by atoms with E-state index in [0.29, 0.717) is 25.4 Å². The van der Waals surface area contributed by atoms with Crippen LogP contribution in [0.2, 0.25) is 0 Å². The third-order valence-electron chi connectivity index (χ3n) is 4.00. The first-order valence-electron chi connectivity index (χ1n) is 7.19. The van der Waals surface area contributed by atoms with Crippen LogP contribution in [0.4, 0.5) is 5.69 Å². The maximum absolute atomic E-state index is 12.1. The van der Waals surface area contributed by atoms with Crippen LogP contribution < -0.4 is 14.8 Å². The normalized spacial score (nSPS) is 19.3. The van der Waals surface area contributed by atoms with Gasteiger partial charge < -0.3 is 14.8 Å². The molecule has 1 unspecified atom stereocenters. The van der Waals surface area contributed by atoms with Crippen molar-refractivity contribution >= 4 is 27.5 Å². The number of carbonyl (C=O) groups is 1. The van der Waals surface area contributed by atoms with E-state index in [-0.39, 0.29) is 11.8 Å². The molecule has 5 heteroatoms. The van der Waals surface area contributed by atoms with Crippen LogP contribution in [0.5, 0.6) is 11.5 Å². The smallest absolute Gasteiger partial charge is 0.225 e. The summed E-state index contributed by atoms with van der Waals surface area (Å²) in [6.45, 7) is 1.09. The van der Waals surface area contributed by atoms with Gasteiger partial charge in [0.1, 0.15) is 13.2 Å². The minimum absolute atomic E-state index is 0.0224. The molecule has 2 aromatic rings. The SMILES string of the molecule is O=C1CC(c2cccc(Br)c2)c2cc3c(cc2N1)OCCO3. The highest BCUT2D eigenvalue weighted by atomic mass is 79.9. The van der Waals surface area contributed by atoms with Gasteiger partial charge >= 0.3 is 0 Å². The molecule has 2 aliphatic heterocycles. The van der Waals surface area contributed by atoms with Crippen molar-refractivity contribution in [2.75, 3.05) is 18.5 Å². The highest BCUT2D eigenvalue weighted by Gasteiger charge is 2.29. The van der Waals surface area contributed by atoms with Crippen molar-refractivity contribution in [2.45, 2.75) is 12.3 Å². The highest BCUT2D eigenvalue weighted by Crippen LogP contribution is 2.44. The average Bonchev–Trinajstić information content (AvgIpc) is 2.52. The van der Waals surface area contributed by atoms with Crippen LogP contribution in [0.3, 0.4) is 0 Å². The standard InChI is InChI=1S/C17H14BrNO3/c18-11-3-1-2-10(6-11)12-8-17(20)19-14-9-16-15(7-13(12)14)21-4-5-22-16/h1-3,6-7,9,12H,4-5,8H2,(H,19,20). The fraction of sp³-hybridized carbons (Fsp3) is 0.235. The van der Waals surface area contributed by atoms with E-state index in [1.54, 1.807) is 0 Å². The van der Waals surface area contributed by atoms with Gasteiger partial charge in [0.25, 0.3) is 0 Å². The molecule has 0 spiro atoms. The van der Waals surface area contributed by atoms with E-state index in [0.717, 1.165) is 27.0 Å². The molecular formula is C17H14BrNO3. The fourth-order valence-corrected chi connectivity index (χ4v) is 3.44. The molecule has 0 bridgehead atoms. The van der Waals surface area contributed by atoms with E-state index < -0.39 is 0 Å². The van der Waals surface area contributed by atoms with Crippen molar-refractivity contribution < 1.29 is 14.3 Å². The Hall–Kier alpha value is -2.01. The second-order valence-electron chi connectivity index (χ2n) is 5.44. The van der Waals surface area contributed by atoms with Crippen molar-refractivity contribution in [2.24, 2.45) is 0 Å². The van der Waals surface area contributed by atoms with Gasteiger partial charge in [-0.3, -0.25) is 4.79 Å². The van der Waals surface area contributed by atoms with Crippen molar-refractivity contribution in [1.82, 2.24) is 0 Å². The Balaban J connectivity index is 1.84. The summed E-state index contributed by atoms with van der Waals surface area (Å²) < 4.78 is 12.3. The molecule has 1 N–H and O–H groups in total. The molecule has 0 aromatic heterocycles. The van der Waals surface area contributed by atoms with Gasteiger partial charge in [-0.05, 0) is 29.3 Å². The monoisotopic (exact) mass is 359 g/mol. The molecule has 0 saturated heterocycles. The first-order chi connectivity index (χ1) is 10.7. The molecule has 1 atom stereocenters. The highest BCUT2D eigenvalue weighted by molar-refractivity contribution is 9.10. The summed E-state index contributed by atoms with van der Waals surface area (Å²) in [4.78, 5) is 12.1. The van der Waals surface area contributed by atoms with Crippen LogP contribution in [0.25, 0.3) is 0 Å². The number of fused-ring (bicyclic) bond motifs is 2. The summed E-state index contributed by atoms with van der Waals surface area (Å²) in [6, 6.07) is 11.9. The third kappa shape index (κ3) is 2.35. The largest absolute Gasteiger partial charge is 0.486 e. The fourth-order valence-electron chi connectivity index (χ4n) is 3.02. The Bertz CT molecular complexity index is 760. The second-order valence-corrected chi connectivity index (χ2v) is 6.36. The number of benzene rings is 2. The molecule has 0 fully saturated rings. The van der Waals surface area contributed by atoms with E-state index in [2.05, 4.69) is 33.4 Å². The lowest BCUT2D eigenvalue weighted by atomic mass is 9.84. The first kappa shape index (κ1) is 13.6. The van der Waals surface area contributed by atoms with Crippen molar-refractivity contribution in [1.29, 1.82) is 0 Å². The van der Waals surface area contributed by atoms with E-state index in [4.69, 9.17) is 9.47 Å². The van der Waals surface area contributed by atoms with Crippen LogP contribution in [-0.2, 0) is 4.79 Å². The molecule has 0 aliphatic carbocycles. The molecule has 2 heterocycles. The molecule has 4 rings (SSSR count). The second kappa shape index (κ2) is 5.32. The molecular weight excluding hydrogens is 346 g/mol. The molecule has 4 nitrogen and oxygen atoms in total. The number of ether oxygens (including phenoxy) is 2. The van der Waals surface area contributed by atoms with Gasteiger partial charge in [0, 0.05) is 28.6 Å². The van der Waals surface area contributed by atoms with E-state index in [1.165, 1.54) is 0 Å². The van der Waals surface area contributed by atoms with Crippen LogP contribution >= 0.6 is 15.9 Å². The predicted molar refractivity (Wildman–Crippen MR) is 86.7 cm³/mol. The molecule has 0 saturated carbocycles. The molecule has 22 heavy (non-hydrogen) atoms. The number of nitrogens with one attached hydrogen (secondary N) is 1. The zero-order valence-corrected chi connectivity index (χ0v) is 13.4. The molecule has 112 valence electrons. The van der Waals surface area contributed by atoms with Crippen LogP contribution in [0.15, 0.2) is 40.9 Å². The number of amides is 1. The van der Waals surface area contributed by atoms with Crippen LogP contribution in [0.1, 0.15) is 23.5 Å². The Morgan fingerprint density at radius 2 is 1.86 bits per heavy atom. The summed E-state index contributed by atoms with van der Waals surface area (Å²) >= 11 is 3.50. The zero-order chi connectivity index (χ0) is 15.1. The quantitative estimate of drug-likeness (QED) is 0.844. The first-order valence-corrected chi connectivity index (χ1v) is 7.99. The van der Waals surface area contributed by atoms with Crippen molar-refractivity contribution in [3.8, 4) is 11.5 Å². The Morgan fingerprint density at radius 1 is 1.09 bits per heavy atom. The average molecular weight is 360 g/mol. The van der Waals surface area contributed by atoms with E-state index in [9.17, 15) is 4.79 Å². The summed E-state index contributed by atoms with van der Waals surface area (Å²) in [7, 11) is 0. The molecule has 2 aromatic carbocycles. The number of hydrogen-bond acceptors (Lipinski definition) is 3. The minimum atomic E-state index is 0.0224. The summed E-state index contributed by atoms with van der Waals surface area (Å²) in [6.07, 6.45) is 0.434. The lowest BCUT2D eigenvalue weighted by Crippen LogP contribution is -2.24. The molecule has 2 aliphatic rings. The van der Waals surface area contributed by atoms with Gasteiger partial charge in [-0.1, -0.05) is 28.1 Å². The number of carbonyl (C=O) groups excluding carboxylic acids is 1. The predicted octanol–water partition coefficient (Wildman–Crippen LogP) is 3.69. The topological polar surface area (TPSA) is 47.6 Å². The van der Waals surface area contributed by atoms with Crippen molar-refractivity contribution in [3.63, 3.8) is 0 Å². The number of anilines is 1. The summed E-state index contributed by atoms with van der Waals surface area (Å²) in [5.41, 5.74) is 2.99. The van der Waals surface area contributed by atoms with Gasteiger partial charge in [-0.25, -0.2) is 0 Å². The lowest BCUT2D eigenvalue weighted by molar-refractivity contribution is -0.116. The van der Waals surface area contributed by atoms with Gasteiger partial charge in [0.2, 0.25) is 5.91 Å². The summed E-state index contributed by atoms with van der Waals surface area (Å²) in [5.74, 6) is 1.49. The Kier molecular flexibility index (Phi) is 3.30. The number of hydrogen-bond donors (Lipinski definition) is 1. The maximum Gasteiger partial charge on any atom is 0.225 e. The Labute approximate surface area is 136 Å². The van der Waals surface area contributed by atoms with Gasteiger partial charge in [-0.15, -0.1) is 0 Å². The summed E-state index contributed by atoms with van der Waals surface area (Å²) in [5, 5.41) is 2.94. The maximum atomic E-state index is 12.1. The zero-order valence-electron chi connectivity index (χ0n) is 11.8. The van der Waals surface area contributed by atoms with E-state index in [1.807, 2.05) is 24.3 Å². The van der Waals surface area contributed by atoms with Crippen LogP contribution in [-0.4, -0.2) is 19.1 Å².